The van der Waals surface area contributed by atoms with Gasteiger partial charge in [0.15, 0.2) is 14.3 Å². The summed E-state index contributed by atoms with van der Waals surface area (Å²) < 4.78 is 33.7. The van der Waals surface area contributed by atoms with Gasteiger partial charge in [-0.25, -0.2) is 0 Å². The van der Waals surface area contributed by atoms with Crippen molar-refractivity contribution < 1.29 is 9.13 Å². The van der Waals surface area contributed by atoms with Crippen molar-refractivity contribution in [1.29, 1.82) is 0 Å². The summed E-state index contributed by atoms with van der Waals surface area (Å²) in [5.41, 5.74) is 0. The topological polar surface area (TPSA) is 34.1 Å². The molecule has 0 N–H and O–H groups in total. The van der Waals surface area contributed by atoms with Crippen LogP contribution >= 0.6 is 93.8 Å². The smallest absolute Gasteiger partial charge is 0.172 e. The Morgan fingerprint density at radius 2 is 0.621 bits per heavy atom. The first-order valence-electron chi connectivity index (χ1n) is 18.4. The first-order chi connectivity index (χ1) is 28.2. The van der Waals surface area contributed by atoms with Crippen LogP contribution in [0.4, 0.5) is 0 Å². The van der Waals surface area contributed by atoms with Gasteiger partial charge in [-0.3, -0.25) is 0 Å². The van der Waals surface area contributed by atoms with Crippen LogP contribution < -0.4 is 63.7 Å². The molecule has 10 rings (SSSR count). The lowest BCUT2D eigenvalue weighted by Gasteiger charge is -2.35. The van der Waals surface area contributed by atoms with Crippen LogP contribution in [0.5, 0.6) is 0 Å². The van der Waals surface area contributed by atoms with Crippen molar-refractivity contribution in [3.63, 3.8) is 0 Å². The van der Waals surface area contributed by atoms with E-state index in [0.717, 1.165) is 28.5 Å². The van der Waals surface area contributed by atoms with E-state index in [1.165, 1.54) is 31.8 Å². The molecule has 0 saturated heterocycles. The van der Waals surface area contributed by atoms with Gasteiger partial charge >= 0.3 is 0 Å². The molecule has 8 aromatic rings. The second kappa shape index (κ2) is 16.8. The van der Waals surface area contributed by atoms with E-state index in [0.29, 0.717) is 21.2 Å². The summed E-state index contributed by atoms with van der Waals surface area (Å²) >= 11 is 14.5. The highest BCUT2D eigenvalue weighted by molar-refractivity contribution is 9.11. The molecule has 0 bridgehead atoms. The molecule has 4 atom stereocenters. The third-order valence-electron chi connectivity index (χ3n) is 10.3. The molecule has 0 saturated carbocycles. The van der Waals surface area contributed by atoms with Crippen molar-refractivity contribution in [2.45, 2.75) is 0 Å². The second-order valence-corrected chi connectivity index (χ2v) is 27.1. The molecular formula is C48H32Br4O2P4. The van der Waals surface area contributed by atoms with Gasteiger partial charge in [-0.1, -0.05) is 197 Å². The maximum absolute atomic E-state index is 14.9. The third-order valence-corrected chi connectivity index (χ3v) is 24.4. The molecule has 0 aromatic heterocycles. The van der Waals surface area contributed by atoms with Gasteiger partial charge in [-0.05, 0) is 108 Å². The van der Waals surface area contributed by atoms with E-state index >= 15 is 0 Å². The summed E-state index contributed by atoms with van der Waals surface area (Å²) in [5, 5.41) is 12.8. The molecule has 8 aromatic carbocycles. The average Bonchev–Trinajstić information content (AvgIpc) is 3.26. The maximum Gasteiger partial charge on any atom is 0.172 e. The molecule has 2 heterocycles. The van der Waals surface area contributed by atoms with E-state index in [1.807, 2.05) is 97.1 Å². The highest BCUT2D eigenvalue weighted by Crippen LogP contribution is 2.54. The van der Waals surface area contributed by atoms with Gasteiger partial charge in [0.1, 0.15) is 0 Å². The zero-order chi connectivity index (χ0) is 40.0. The van der Waals surface area contributed by atoms with Crippen molar-refractivity contribution >= 4 is 158 Å². The van der Waals surface area contributed by atoms with Crippen molar-refractivity contribution in [2.75, 3.05) is 0 Å². The lowest BCUT2D eigenvalue weighted by molar-refractivity contribution is 0.589. The van der Waals surface area contributed by atoms with Crippen LogP contribution in [-0.4, -0.2) is 0 Å². The molecule has 10 heteroatoms. The van der Waals surface area contributed by atoms with E-state index < -0.39 is 30.1 Å². The number of benzene rings is 8. The third kappa shape index (κ3) is 7.21. The quantitative estimate of drug-likeness (QED) is 0.165. The van der Waals surface area contributed by atoms with E-state index in [-0.39, 0.29) is 0 Å². The Morgan fingerprint density at radius 3 is 0.983 bits per heavy atom. The number of fused-ring (bicyclic) bond motifs is 4. The molecule has 2 aliphatic rings. The summed E-state index contributed by atoms with van der Waals surface area (Å²) in [4.78, 5) is 0. The van der Waals surface area contributed by atoms with Crippen molar-refractivity contribution in [1.82, 2.24) is 0 Å². The molecule has 0 fully saturated rings. The molecule has 2 aliphatic heterocycles. The van der Waals surface area contributed by atoms with Crippen molar-refractivity contribution in [3.05, 3.63) is 212 Å². The van der Waals surface area contributed by atoms with Gasteiger partial charge in [0.2, 0.25) is 0 Å². The van der Waals surface area contributed by atoms with Crippen LogP contribution in [0, 0.1) is 0 Å². The number of hydrogen-bond acceptors (Lipinski definition) is 2. The molecule has 58 heavy (non-hydrogen) atoms. The predicted octanol–water partition coefficient (Wildman–Crippen LogP) is 9.85. The van der Waals surface area contributed by atoms with Crippen molar-refractivity contribution in [2.24, 2.45) is 0 Å². The minimum absolute atomic E-state index is 0.579. The monoisotopic (exact) mass is 1080 g/mol. The number of rotatable bonds is 4. The molecular weight excluding hydrogens is 1050 g/mol. The maximum atomic E-state index is 14.9. The normalized spacial score (nSPS) is 20.0. The highest BCUT2D eigenvalue weighted by atomic mass is 79.9. The molecule has 0 amide bonds. The Hall–Kier alpha value is -3.00. The van der Waals surface area contributed by atoms with Gasteiger partial charge in [0, 0.05) is 49.7 Å². The first kappa shape index (κ1) is 40.4. The largest absolute Gasteiger partial charge is 0.309 e. The summed E-state index contributed by atoms with van der Waals surface area (Å²) in [7, 11) is -7.59. The lowest BCUT2D eigenvalue weighted by atomic mass is 10.3. The molecule has 284 valence electrons. The molecule has 0 radical (unpaired) electrons. The summed E-state index contributed by atoms with van der Waals surface area (Å²) in [5.74, 6) is 0. The van der Waals surface area contributed by atoms with E-state index in [1.54, 1.807) is 0 Å². The van der Waals surface area contributed by atoms with Gasteiger partial charge < -0.3 is 9.13 Å². The second-order valence-electron chi connectivity index (χ2n) is 13.8. The molecule has 0 aliphatic carbocycles. The highest BCUT2D eigenvalue weighted by Gasteiger charge is 2.48. The standard InChI is InChI=1S/C24H16Br2O2P2.C24H16Br2P2/c25-17-12-14-22-23(15-17)29(27,19-7-3-1-4-8-19)21-13-11-18(26)16-24(21)30(22,28)20-9-5-2-6-10-20;25-17-12-14-22-23(15-17)27(19-7-3-1-4-8-19)21-13-11-18(26)16-24(21)28(22)20-9-5-2-6-10-20/h1-16H;1-16H. The fourth-order valence-corrected chi connectivity index (χ4v) is 23.2. The van der Waals surface area contributed by atoms with E-state index in [2.05, 4.69) is 161 Å². The predicted molar refractivity (Wildman–Crippen MR) is 267 cm³/mol. The summed E-state index contributed by atoms with van der Waals surface area (Å²) in [6.07, 6.45) is 0. The van der Waals surface area contributed by atoms with Gasteiger partial charge in [0.25, 0.3) is 0 Å². The van der Waals surface area contributed by atoms with Crippen LogP contribution in [0.15, 0.2) is 212 Å². The summed E-state index contributed by atoms with van der Waals surface area (Å²) in [6.45, 7) is 0. The Labute approximate surface area is 375 Å². The zero-order valence-corrected chi connectivity index (χ0v) is 40.5. The van der Waals surface area contributed by atoms with Crippen LogP contribution in [0.3, 0.4) is 0 Å². The Kier molecular flexibility index (Phi) is 11.7. The van der Waals surface area contributed by atoms with Crippen LogP contribution in [0.25, 0.3) is 0 Å². The van der Waals surface area contributed by atoms with Gasteiger partial charge in [-0.15, -0.1) is 0 Å². The average molecular weight is 1080 g/mol. The van der Waals surface area contributed by atoms with Gasteiger partial charge in [-0.2, -0.15) is 0 Å². The number of halogens is 4. The SMILES string of the molecule is Brc1ccc2c(c1)P(c1ccccc1)c1ccc(Br)cc1P2c1ccccc1.O=P1(c2ccccc2)c2ccc(Br)cc2P(=O)(c2ccccc2)c2ccc(Br)cc21. The van der Waals surface area contributed by atoms with Crippen LogP contribution in [0.2, 0.25) is 0 Å². The van der Waals surface area contributed by atoms with Crippen LogP contribution in [-0.2, 0) is 9.13 Å². The first-order valence-corrected chi connectivity index (χ1v) is 27.7. The van der Waals surface area contributed by atoms with Crippen LogP contribution in [0.1, 0.15) is 0 Å². The van der Waals surface area contributed by atoms with Gasteiger partial charge in [0.05, 0.1) is 0 Å². The number of hydrogen-bond donors (Lipinski definition) is 0. The fraction of sp³-hybridized carbons (Fsp3) is 0. The minimum Gasteiger partial charge on any atom is -0.309 e. The lowest BCUT2D eigenvalue weighted by Crippen LogP contribution is -2.49. The van der Waals surface area contributed by atoms with E-state index in [9.17, 15) is 9.13 Å². The Balaban J connectivity index is 0.000000151. The molecule has 0 spiro atoms. The minimum atomic E-state index is -3.22. The fourth-order valence-electron chi connectivity index (χ4n) is 7.82. The zero-order valence-electron chi connectivity index (χ0n) is 30.6. The Morgan fingerprint density at radius 1 is 0.310 bits per heavy atom. The van der Waals surface area contributed by atoms with E-state index in [4.69, 9.17) is 0 Å². The Bertz CT molecular complexity index is 2710. The van der Waals surface area contributed by atoms with Crippen molar-refractivity contribution in [3.8, 4) is 0 Å². The molecule has 4 unspecified atom stereocenters. The molecule has 2 nitrogen and oxygen atoms in total. The summed E-state index contributed by atoms with van der Waals surface area (Å²) in [6, 6.07) is 65.9.